The number of nitrogen functional groups attached to an aromatic ring is 1. The molecule has 0 bridgehead atoms. The van der Waals surface area contributed by atoms with Gasteiger partial charge in [0.15, 0.2) is 0 Å². The Bertz CT molecular complexity index is 627. The number of aromatic nitrogens is 2. The molecule has 0 radical (unpaired) electrons. The quantitative estimate of drug-likeness (QED) is 0.936. The van der Waals surface area contributed by atoms with Crippen LogP contribution in [0.4, 0.5) is 5.82 Å². The molecule has 1 fully saturated rings. The minimum Gasteiger partial charge on any atom is -0.497 e. The zero-order chi connectivity index (χ0) is 14.8. The van der Waals surface area contributed by atoms with Crippen molar-refractivity contribution >= 4 is 5.82 Å². The summed E-state index contributed by atoms with van der Waals surface area (Å²) in [5.74, 6) is 2.34. The molecular formula is C17H23N3O. The predicted octanol–water partition coefficient (Wildman–Crippen LogP) is 3.41. The van der Waals surface area contributed by atoms with Crippen LogP contribution in [0.3, 0.4) is 0 Å². The number of anilines is 1. The normalized spacial score (nSPS) is 15.5. The standard InChI is InChI=1S/C17H23N3O/c1-20-17(18)16(13-8-5-9-14(11-13)21-2)15(19-20)10-12-6-3-4-7-12/h5,8-9,11-12H,3-4,6-7,10,18H2,1-2H3. The molecular weight excluding hydrogens is 262 g/mol. The summed E-state index contributed by atoms with van der Waals surface area (Å²) >= 11 is 0. The number of benzene rings is 1. The van der Waals surface area contributed by atoms with Crippen LogP contribution in [0.1, 0.15) is 31.4 Å². The second kappa shape index (κ2) is 5.80. The van der Waals surface area contributed by atoms with Crippen LogP contribution in [0.2, 0.25) is 0 Å². The molecule has 0 aliphatic heterocycles. The molecule has 1 aliphatic carbocycles. The molecule has 2 N–H and O–H groups in total. The molecule has 1 aliphatic rings. The first-order valence-corrected chi connectivity index (χ1v) is 7.65. The molecule has 1 saturated carbocycles. The maximum absolute atomic E-state index is 6.26. The van der Waals surface area contributed by atoms with Crippen molar-refractivity contribution in [2.75, 3.05) is 12.8 Å². The highest BCUT2D eigenvalue weighted by molar-refractivity contribution is 5.77. The Labute approximate surface area is 125 Å². The van der Waals surface area contributed by atoms with Crippen molar-refractivity contribution in [2.45, 2.75) is 32.1 Å². The fraction of sp³-hybridized carbons (Fsp3) is 0.471. The lowest BCUT2D eigenvalue weighted by atomic mass is 9.96. The van der Waals surface area contributed by atoms with Crippen LogP contribution in [0, 0.1) is 5.92 Å². The maximum atomic E-state index is 6.26. The van der Waals surface area contributed by atoms with Crippen LogP contribution < -0.4 is 10.5 Å². The Morgan fingerprint density at radius 2 is 2.10 bits per heavy atom. The SMILES string of the molecule is COc1cccc(-c2c(CC3CCCC3)nn(C)c2N)c1. The number of nitrogens with two attached hydrogens (primary N) is 1. The second-order valence-electron chi connectivity index (χ2n) is 5.92. The lowest BCUT2D eigenvalue weighted by molar-refractivity contribution is 0.415. The van der Waals surface area contributed by atoms with Crippen molar-refractivity contribution in [3.8, 4) is 16.9 Å². The lowest BCUT2D eigenvalue weighted by Gasteiger charge is -2.10. The van der Waals surface area contributed by atoms with Crippen molar-refractivity contribution in [3.63, 3.8) is 0 Å². The van der Waals surface area contributed by atoms with E-state index >= 15 is 0 Å². The first-order chi connectivity index (χ1) is 10.2. The zero-order valence-electron chi connectivity index (χ0n) is 12.8. The summed E-state index contributed by atoms with van der Waals surface area (Å²) in [5.41, 5.74) is 9.54. The number of nitrogens with zero attached hydrogens (tertiary/aromatic N) is 2. The van der Waals surface area contributed by atoms with Gasteiger partial charge >= 0.3 is 0 Å². The molecule has 0 saturated heterocycles. The van der Waals surface area contributed by atoms with E-state index in [2.05, 4.69) is 11.2 Å². The van der Waals surface area contributed by atoms with Crippen LogP contribution in [0.5, 0.6) is 5.75 Å². The lowest BCUT2D eigenvalue weighted by Crippen LogP contribution is -2.01. The van der Waals surface area contributed by atoms with Gasteiger partial charge in [-0.25, -0.2) is 0 Å². The number of methoxy groups -OCH3 is 1. The third-order valence-electron chi connectivity index (χ3n) is 4.48. The second-order valence-corrected chi connectivity index (χ2v) is 5.92. The topological polar surface area (TPSA) is 53.1 Å². The highest BCUT2D eigenvalue weighted by atomic mass is 16.5. The van der Waals surface area contributed by atoms with Crippen molar-refractivity contribution in [1.29, 1.82) is 0 Å². The van der Waals surface area contributed by atoms with E-state index in [0.29, 0.717) is 0 Å². The van der Waals surface area contributed by atoms with Gasteiger partial charge in [0.2, 0.25) is 0 Å². The molecule has 3 rings (SSSR count). The minimum absolute atomic E-state index is 0.733. The molecule has 0 unspecified atom stereocenters. The van der Waals surface area contributed by atoms with Gasteiger partial charge < -0.3 is 10.5 Å². The maximum Gasteiger partial charge on any atom is 0.129 e. The average Bonchev–Trinajstić information content (AvgIpc) is 3.09. The van der Waals surface area contributed by atoms with E-state index < -0.39 is 0 Å². The van der Waals surface area contributed by atoms with E-state index in [1.165, 1.54) is 25.7 Å². The molecule has 21 heavy (non-hydrogen) atoms. The molecule has 2 aromatic rings. The molecule has 0 atom stereocenters. The molecule has 1 aromatic heterocycles. The summed E-state index contributed by atoms with van der Waals surface area (Å²) < 4.78 is 7.12. The number of hydrogen-bond donors (Lipinski definition) is 1. The van der Waals surface area contributed by atoms with Gasteiger partial charge in [0.25, 0.3) is 0 Å². The summed E-state index contributed by atoms with van der Waals surface area (Å²) in [7, 11) is 3.60. The van der Waals surface area contributed by atoms with E-state index in [4.69, 9.17) is 10.5 Å². The summed E-state index contributed by atoms with van der Waals surface area (Å²) in [6.45, 7) is 0. The van der Waals surface area contributed by atoms with E-state index in [0.717, 1.165) is 40.7 Å². The first-order valence-electron chi connectivity index (χ1n) is 7.65. The van der Waals surface area contributed by atoms with Crippen LogP contribution in [-0.2, 0) is 13.5 Å². The third-order valence-corrected chi connectivity index (χ3v) is 4.48. The smallest absolute Gasteiger partial charge is 0.129 e. The summed E-state index contributed by atoms with van der Waals surface area (Å²) in [6.07, 6.45) is 6.35. The minimum atomic E-state index is 0.733. The molecule has 0 amide bonds. The number of aryl methyl sites for hydroxylation is 1. The van der Waals surface area contributed by atoms with E-state index in [1.54, 1.807) is 11.8 Å². The highest BCUT2D eigenvalue weighted by Crippen LogP contribution is 2.35. The monoisotopic (exact) mass is 285 g/mol. The summed E-state index contributed by atoms with van der Waals surface area (Å²) in [5, 5.41) is 4.66. The van der Waals surface area contributed by atoms with Crippen LogP contribution >= 0.6 is 0 Å². The largest absolute Gasteiger partial charge is 0.497 e. The first kappa shape index (κ1) is 14.0. The molecule has 4 heteroatoms. The third kappa shape index (κ3) is 2.75. The zero-order valence-corrected chi connectivity index (χ0v) is 12.8. The Hall–Kier alpha value is -1.97. The number of hydrogen-bond acceptors (Lipinski definition) is 3. The average molecular weight is 285 g/mol. The van der Waals surface area contributed by atoms with Crippen molar-refractivity contribution < 1.29 is 4.74 Å². The molecule has 112 valence electrons. The van der Waals surface area contributed by atoms with Crippen LogP contribution in [0.15, 0.2) is 24.3 Å². The van der Waals surface area contributed by atoms with Gasteiger partial charge in [0.05, 0.1) is 12.8 Å². The van der Waals surface area contributed by atoms with Gasteiger partial charge in [-0.3, -0.25) is 4.68 Å². The Morgan fingerprint density at radius 3 is 2.81 bits per heavy atom. The number of ether oxygens (including phenoxy) is 1. The van der Waals surface area contributed by atoms with Gasteiger partial charge in [0, 0.05) is 12.6 Å². The molecule has 1 heterocycles. The molecule has 1 aromatic carbocycles. The highest BCUT2D eigenvalue weighted by Gasteiger charge is 2.22. The van der Waals surface area contributed by atoms with E-state index in [-0.39, 0.29) is 0 Å². The predicted molar refractivity (Wildman–Crippen MR) is 85.3 cm³/mol. The molecule has 0 spiro atoms. The Kier molecular flexibility index (Phi) is 3.86. The van der Waals surface area contributed by atoms with Crippen molar-refractivity contribution in [1.82, 2.24) is 9.78 Å². The van der Waals surface area contributed by atoms with Crippen molar-refractivity contribution in [2.24, 2.45) is 13.0 Å². The fourth-order valence-corrected chi connectivity index (χ4v) is 3.32. The Morgan fingerprint density at radius 1 is 1.33 bits per heavy atom. The van der Waals surface area contributed by atoms with Crippen LogP contribution in [-0.4, -0.2) is 16.9 Å². The van der Waals surface area contributed by atoms with E-state index in [9.17, 15) is 0 Å². The van der Waals surface area contributed by atoms with Crippen molar-refractivity contribution in [3.05, 3.63) is 30.0 Å². The summed E-state index contributed by atoms with van der Waals surface area (Å²) in [6, 6.07) is 8.06. The van der Waals surface area contributed by atoms with Gasteiger partial charge in [-0.2, -0.15) is 5.10 Å². The number of rotatable bonds is 4. The van der Waals surface area contributed by atoms with Gasteiger partial charge in [-0.15, -0.1) is 0 Å². The van der Waals surface area contributed by atoms with Gasteiger partial charge in [0.1, 0.15) is 11.6 Å². The van der Waals surface area contributed by atoms with Gasteiger partial charge in [-0.1, -0.05) is 37.8 Å². The molecule has 4 nitrogen and oxygen atoms in total. The van der Waals surface area contributed by atoms with E-state index in [1.807, 2.05) is 25.2 Å². The van der Waals surface area contributed by atoms with Gasteiger partial charge in [-0.05, 0) is 30.0 Å². The fourth-order valence-electron chi connectivity index (χ4n) is 3.32. The summed E-state index contributed by atoms with van der Waals surface area (Å²) in [4.78, 5) is 0. The van der Waals surface area contributed by atoms with Crippen LogP contribution in [0.25, 0.3) is 11.1 Å². The Balaban J connectivity index is 1.99.